The number of rotatable bonds is 5. The summed E-state index contributed by atoms with van der Waals surface area (Å²) in [6.45, 7) is 1.20. The fraction of sp³-hybridized carbons (Fsp3) is 0.308. The molecule has 1 N–H and O–H groups in total. The third-order valence-corrected chi connectivity index (χ3v) is 3.39. The zero-order valence-corrected chi connectivity index (χ0v) is 10.9. The van der Waals surface area contributed by atoms with E-state index in [9.17, 15) is 9.50 Å². The molecule has 2 rings (SSSR count). The van der Waals surface area contributed by atoms with Crippen LogP contribution in [0.5, 0.6) is 0 Å². The van der Waals surface area contributed by atoms with Crippen LogP contribution < -0.4 is 0 Å². The van der Waals surface area contributed by atoms with Crippen molar-refractivity contribution in [1.29, 1.82) is 0 Å². The molecular weight excluding hydrogens is 251 g/mol. The lowest BCUT2D eigenvalue weighted by molar-refractivity contribution is 0.123. The van der Waals surface area contributed by atoms with E-state index < -0.39 is 6.10 Å². The van der Waals surface area contributed by atoms with E-state index >= 15 is 0 Å². The Balaban J connectivity index is 1.90. The van der Waals surface area contributed by atoms with Gasteiger partial charge in [-0.15, -0.1) is 11.3 Å². The van der Waals surface area contributed by atoms with Gasteiger partial charge in [-0.1, -0.05) is 12.1 Å². The van der Waals surface area contributed by atoms with Crippen molar-refractivity contribution in [2.75, 3.05) is 13.6 Å². The lowest BCUT2D eigenvalue weighted by Crippen LogP contribution is -2.24. The van der Waals surface area contributed by atoms with Gasteiger partial charge in [0.1, 0.15) is 10.8 Å². The van der Waals surface area contributed by atoms with Gasteiger partial charge in [-0.25, -0.2) is 9.37 Å². The van der Waals surface area contributed by atoms with Gasteiger partial charge in [0.05, 0.1) is 12.6 Å². The highest BCUT2D eigenvalue weighted by Crippen LogP contribution is 2.16. The smallest absolute Gasteiger partial charge is 0.123 e. The molecule has 0 saturated heterocycles. The quantitative estimate of drug-likeness (QED) is 0.903. The fourth-order valence-electron chi connectivity index (χ4n) is 1.71. The minimum Gasteiger partial charge on any atom is -0.387 e. The third kappa shape index (κ3) is 3.60. The summed E-state index contributed by atoms with van der Waals surface area (Å²) in [5.41, 5.74) is 0.724. The fourth-order valence-corrected chi connectivity index (χ4v) is 2.41. The van der Waals surface area contributed by atoms with Crippen molar-refractivity contribution in [3.8, 4) is 0 Å². The molecule has 3 nitrogen and oxygen atoms in total. The van der Waals surface area contributed by atoms with Gasteiger partial charge < -0.3 is 5.11 Å². The third-order valence-electron chi connectivity index (χ3n) is 2.63. The van der Waals surface area contributed by atoms with Crippen LogP contribution in [0.2, 0.25) is 0 Å². The first-order valence-electron chi connectivity index (χ1n) is 5.65. The lowest BCUT2D eigenvalue weighted by atomic mass is 10.1. The molecule has 5 heteroatoms. The maximum atomic E-state index is 12.8. The average molecular weight is 266 g/mol. The molecule has 0 radical (unpaired) electrons. The Morgan fingerprint density at radius 1 is 1.39 bits per heavy atom. The topological polar surface area (TPSA) is 36.4 Å². The van der Waals surface area contributed by atoms with Gasteiger partial charge in [0, 0.05) is 18.1 Å². The van der Waals surface area contributed by atoms with Gasteiger partial charge in [0.25, 0.3) is 0 Å². The van der Waals surface area contributed by atoms with Crippen molar-refractivity contribution >= 4 is 11.3 Å². The van der Waals surface area contributed by atoms with Crippen LogP contribution >= 0.6 is 11.3 Å². The summed E-state index contributed by atoms with van der Waals surface area (Å²) >= 11 is 1.59. The van der Waals surface area contributed by atoms with Gasteiger partial charge in [0.2, 0.25) is 0 Å². The number of likely N-dealkylation sites (N-methyl/N-ethyl adjacent to an activating group) is 1. The highest BCUT2D eigenvalue weighted by molar-refractivity contribution is 7.09. The average Bonchev–Trinajstić information content (AvgIpc) is 2.82. The summed E-state index contributed by atoms with van der Waals surface area (Å²) in [4.78, 5) is 6.19. The van der Waals surface area contributed by atoms with Crippen molar-refractivity contribution in [3.63, 3.8) is 0 Å². The molecule has 96 valence electrons. The predicted octanol–water partition coefficient (Wildman–Crippen LogP) is 2.45. The molecule has 1 heterocycles. The second-order valence-corrected chi connectivity index (χ2v) is 5.17. The Morgan fingerprint density at radius 3 is 2.72 bits per heavy atom. The number of halogens is 1. The van der Waals surface area contributed by atoms with Crippen LogP contribution in [-0.4, -0.2) is 28.6 Å². The molecule has 1 atom stereocenters. The standard InChI is InChI=1S/C13H15FN2OS/c1-16(9-13-15-6-7-18-13)8-12(17)10-2-4-11(14)5-3-10/h2-7,12,17H,8-9H2,1H3. The summed E-state index contributed by atoms with van der Waals surface area (Å²) in [6.07, 6.45) is 1.15. The molecule has 0 aliphatic carbocycles. The second-order valence-electron chi connectivity index (χ2n) is 4.19. The van der Waals surface area contributed by atoms with Gasteiger partial charge in [-0.3, -0.25) is 4.90 Å². The Hall–Kier alpha value is -1.30. The molecule has 1 aromatic heterocycles. The minimum atomic E-state index is -0.615. The molecule has 0 bridgehead atoms. The van der Waals surface area contributed by atoms with Crippen LogP contribution in [0, 0.1) is 5.82 Å². The lowest BCUT2D eigenvalue weighted by Gasteiger charge is -2.19. The van der Waals surface area contributed by atoms with Crippen LogP contribution in [0.1, 0.15) is 16.7 Å². The highest BCUT2D eigenvalue weighted by Gasteiger charge is 2.11. The van der Waals surface area contributed by atoms with Gasteiger partial charge >= 0.3 is 0 Å². The number of nitrogens with zero attached hydrogens (tertiary/aromatic N) is 2. The highest BCUT2D eigenvalue weighted by atomic mass is 32.1. The van der Waals surface area contributed by atoms with Crippen LogP contribution in [0.4, 0.5) is 4.39 Å². The Kier molecular flexibility index (Phi) is 4.41. The van der Waals surface area contributed by atoms with E-state index in [-0.39, 0.29) is 5.82 Å². The van der Waals surface area contributed by atoms with Crippen molar-refractivity contribution in [2.24, 2.45) is 0 Å². The zero-order valence-electron chi connectivity index (χ0n) is 10.1. The molecule has 18 heavy (non-hydrogen) atoms. The first-order chi connectivity index (χ1) is 8.65. The minimum absolute atomic E-state index is 0.290. The van der Waals surface area contributed by atoms with Crippen molar-refractivity contribution < 1.29 is 9.50 Å². The zero-order chi connectivity index (χ0) is 13.0. The molecule has 0 aliphatic heterocycles. The Bertz CT molecular complexity index is 472. The van der Waals surface area contributed by atoms with E-state index in [0.29, 0.717) is 13.1 Å². The number of benzene rings is 1. The number of aliphatic hydroxyl groups is 1. The molecule has 0 spiro atoms. The molecule has 0 fully saturated rings. The molecule has 2 aromatic rings. The number of aliphatic hydroxyl groups excluding tert-OH is 1. The van der Waals surface area contributed by atoms with Crippen LogP contribution in [0.3, 0.4) is 0 Å². The second kappa shape index (κ2) is 6.04. The molecule has 1 unspecified atom stereocenters. The molecule has 0 amide bonds. The number of aromatic nitrogens is 1. The number of thiazole rings is 1. The van der Waals surface area contributed by atoms with E-state index in [1.165, 1.54) is 12.1 Å². The number of hydrogen-bond acceptors (Lipinski definition) is 4. The maximum Gasteiger partial charge on any atom is 0.123 e. The summed E-state index contributed by atoms with van der Waals surface area (Å²) < 4.78 is 12.8. The monoisotopic (exact) mass is 266 g/mol. The largest absolute Gasteiger partial charge is 0.387 e. The van der Waals surface area contributed by atoms with Crippen molar-refractivity contribution in [3.05, 3.63) is 52.2 Å². The van der Waals surface area contributed by atoms with Crippen LogP contribution in [0.25, 0.3) is 0 Å². The van der Waals surface area contributed by atoms with Gasteiger partial charge in [-0.2, -0.15) is 0 Å². The van der Waals surface area contributed by atoms with Crippen LogP contribution in [0.15, 0.2) is 35.8 Å². The van der Waals surface area contributed by atoms with Crippen molar-refractivity contribution in [2.45, 2.75) is 12.6 Å². The maximum absolute atomic E-state index is 12.8. The predicted molar refractivity (Wildman–Crippen MR) is 69.8 cm³/mol. The summed E-state index contributed by atoms with van der Waals surface area (Å²) in [6, 6.07) is 5.94. The van der Waals surface area contributed by atoms with E-state index in [4.69, 9.17) is 0 Å². The Labute approximate surface area is 110 Å². The molecule has 1 aromatic carbocycles. The van der Waals surface area contributed by atoms with E-state index in [2.05, 4.69) is 4.98 Å². The van der Waals surface area contributed by atoms with E-state index in [0.717, 1.165) is 10.6 Å². The Morgan fingerprint density at radius 2 is 2.11 bits per heavy atom. The number of hydrogen-bond donors (Lipinski definition) is 1. The SMILES string of the molecule is CN(Cc1nccs1)CC(O)c1ccc(F)cc1. The first-order valence-corrected chi connectivity index (χ1v) is 6.53. The summed E-state index contributed by atoms with van der Waals surface area (Å²) in [5.74, 6) is -0.290. The van der Waals surface area contributed by atoms with Crippen LogP contribution in [-0.2, 0) is 6.54 Å². The molecular formula is C13H15FN2OS. The van der Waals surface area contributed by atoms with Gasteiger partial charge in [0.15, 0.2) is 0 Å². The van der Waals surface area contributed by atoms with E-state index in [1.807, 2.05) is 17.3 Å². The molecule has 0 aliphatic rings. The normalized spacial score (nSPS) is 12.9. The van der Waals surface area contributed by atoms with Gasteiger partial charge in [-0.05, 0) is 24.7 Å². The van der Waals surface area contributed by atoms with E-state index in [1.54, 1.807) is 29.7 Å². The molecule has 0 saturated carbocycles. The first kappa shape index (κ1) is 13.1. The van der Waals surface area contributed by atoms with Crippen molar-refractivity contribution in [1.82, 2.24) is 9.88 Å². The summed E-state index contributed by atoms with van der Waals surface area (Å²) in [5, 5.41) is 13.0. The summed E-state index contributed by atoms with van der Waals surface area (Å²) in [7, 11) is 1.92.